The van der Waals surface area contributed by atoms with Gasteiger partial charge in [-0.15, -0.1) is 0 Å². The molecule has 0 saturated heterocycles. The summed E-state index contributed by atoms with van der Waals surface area (Å²) in [6, 6.07) is 7.62. The van der Waals surface area contributed by atoms with E-state index in [1.807, 2.05) is 19.1 Å². The minimum atomic E-state index is -0.770. The van der Waals surface area contributed by atoms with Gasteiger partial charge in [-0.2, -0.15) is 5.26 Å². The molecule has 0 aliphatic heterocycles. The highest BCUT2D eigenvalue weighted by Gasteiger charge is 2.21. The van der Waals surface area contributed by atoms with Gasteiger partial charge in [-0.05, 0) is 37.5 Å². The molecular formula is C14H19BrN2O. The lowest BCUT2D eigenvalue weighted by atomic mass is 9.94. The summed E-state index contributed by atoms with van der Waals surface area (Å²) in [5.74, 6) is 0.433. The van der Waals surface area contributed by atoms with E-state index in [-0.39, 0.29) is 0 Å². The Morgan fingerprint density at radius 3 is 2.72 bits per heavy atom. The highest BCUT2D eigenvalue weighted by atomic mass is 79.9. The fourth-order valence-corrected chi connectivity index (χ4v) is 2.36. The second-order valence-electron chi connectivity index (χ2n) is 5.25. The van der Waals surface area contributed by atoms with E-state index in [0.29, 0.717) is 18.0 Å². The number of benzene rings is 1. The second-order valence-corrected chi connectivity index (χ2v) is 6.17. The first kappa shape index (κ1) is 15.0. The van der Waals surface area contributed by atoms with Crippen LogP contribution in [0, 0.1) is 17.2 Å². The van der Waals surface area contributed by atoms with E-state index in [2.05, 4.69) is 41.2 Å². The van der Waals surface area contributed by atoms with E-state index in [9.17, 15) is 5.11 Å². The molecule has 1 rings (SSSR count). The molecule has 98 valence electrons. The molecule has 0 aliphatic rings. The Bertz CT molecular complexity index is 450. The number of rotatable bonds is 5. The smallest absolute Gasteiger partial charge is 0.101 e. The monoisotopic (exact) mass is 310 g/mol. The number of aliphatic hydroxyl groups is 1. The molecule has 0 fully saturated rings. The molecule has 2 N–H and O–H groups in total. The van der Waals surface area contributed by atoms with Gasteiger partial charge in [-0.25, -0.2) is 0 Å². The molecule has 1 unspecified atom stereocenters. The highest BCUT2D eigenvalue weighted by Crippen LogP contribution is 2.22. The van der Waals surface area contributed by atoms with Crippen LogP contribution in [0.1, 0.15) is 32.8 Å². The third-order valence-corrected chi connectivity index (χ3v) is 3.10. The molecule has 0 amide bonds. The Morgan fingerprint density at radius 2 is 2.17 bits per heavy atom. The summed E-state index contributed by atoms with van der Waals surface area (Å²) in [6.45, 7) is 6.40. The predicted molar refractivity (Wildman–Crippen MR) is 77.4 cm³/mol. The minimum absolute atomic E-state index is 0.432. The Balaban J connectivity index is 2.72. The second kappa shape index (κ2) is 6.21. The van der Waals surface area contributed by atoms with Gasteiger partial charge in [0.15, 0.2) is 0 Å². The van der Waals surface area contributed by atoms with Crippen molar-refractivity contribution >= 4 is 21.6 Å². The Morgan fingerprint density at radius 1 is 1.50 bits per heavy atom. The van der Waals surface area contributed by atoms with Crippen molar-refractivity contribution in [2.45, 2.75) is 32.8 Å². The third kappa shape index (κ3) is 4.67. The standard InChI is InChI=1S/C14H19BrN2O/c1-10(2)7-14(3,18)9-17-13-5-4-12(15)6-11(13)8-16/h4-6,10,17-18H,7,9H2,1-3H3. The largest absolute Gasteiger partial charge is 0.388 e. The number of halogens is 1. The van der Waals surface area contributed by atoms with Gasteiger partial charge in [0.05, 0.1) is 16.9 Å². The molecule has 4 heteroatoms. The predicted octanol–water partition coefficient (Wildman–Crippen LogP) is 3.53. The van der Waals surface area contributed by atoms with Gasteiger partial charge in [0, 0.05) is 11.0 Å². The normalized spacial score (nSPS) is 14.1. The van der Waals surface area contributed by atoms with Crippen LogP contribution in [0.25, 0.3) is 0 Å². The number of nitriles is 1. The summed E-state index contributed by atoms with van der Waals surface area (Å²) in [4.78, 5) is 0. The summed E-state index contributed by atoms with van der Waals surface area (Å²) in [6.07, 6.45) is 0.721. The third-order valence-electron chi connectivity index (χ3n) is 2.61. The highest BCUT2D eigenvalue weighted by molar-refractivity contribution is 9.10. The van der Waals surface area contributed by atoms with Crippen molar-refractivity contribution in [2.75, 3.05) is 11.9 Å². The maximum absolute atomic E-state index is 10.2. The van der Waals surface area contributed by atoms with Crippen molar-refractivity contribution in [3.8, 4) is 6.07 Å². The summed E-state index contributed by atoms with van der Waals surface area (Å²) >= 11 is 3.33. The summed E-state index contributed by atoms with van der Waals surface area (Å²) < 4.78 is 0.874. The van der Waals surface area contributed by atoms with Crippen molar-refractivity contribution < 1.29 is 5.11 Å². The van der Waals surface area contributed by atoms with Crippen LogP contribution < -0.4 is 5.32 Å². The first-order valence-corrected chi connectivity index (χ1v) is 6.79. The van der Waals surface area contributed by atoms with Crippen molar-refractivity contribution in [1.29, 1.82) is 5.26 Å². The van der Waals surface area contributed by atoms with Gasteiger partial charge >= 0.3 is 0 Å². The van der Waals surface area contributed by atoms with Crippen LogP contribution in [0.15, 0.2) is 22.7 Å². The van der Waals surface area contributed by atoms with Crippen LogP contribution in [0.4, 0.5) is 5.69 Å². The van der Waals surface area contributed by atoms with E-state index in [4.69, 9.17) is 5.26 Å². The van der Waals surface area contributed by atoms with Crippen LogP contribution in [0.2, 0.25) is 0 Å². The van der Waals surface area contributed by atoms with Crippen LogP contribution in [-0.2, 0) is 0 Å². The van der Waals surface area contributed by atoms with Gasteiger partial charge in [-0.1, -0.05) is 29.8 Å². The van der Waals surface area contributed by atoms with Gasteiger partial charge in [0.2, 0.25) is 0 Å². The first-order chi connectivity index (χ1) is 8.34. The van der Waals surface area contributed by atoms with Gasteiger partial charge in [0.25, 0.3) is 0 Å². The zero-order valence-corrected chi connectivity index (χ0v) is 12.6. The van der Waals surface area contributed by atoms with Gasteiger partial charge in [0.1, 0.15) is 6.07 Å². The molecule has 0 bridgehead atoms. The van der Waals surface area contributed by atoms with Crippen molar-refractivity contribution in [3.63, 3.8) is 0 Å². The molecule has 18 heavy (non-hydrogen) atoms. The molecule has 1 aromatic rings. The average Bonchev–Trinajstić information content (AvgIpc) is 2.25. The zero-order valence-electron chi connectivity index (χ0n) is 11.0. The number of hydrogen-bond donors (Lipinski definition) is 2. The van der Waals surface area contributed by atoms with Crippen LogP contribution in [0.3, 0.4) is 0 Å². The van der Waals surface area contributed by atoms with E-state index in [1.165, 1.54) is 0 Å². The Kier molecular flexibility index (Phi) is 5.18. The molecular weight excluding hydrogens is 292 g/mol. The molecule has 0 aromatic heterocycles. The number of nitrogens with zero attached hydrogens (tertiary/aromatic N) is 1. The zero-order chi connectivity index (χ0) is 13.8. The summed E-state index contributed by atoms with van der Waals surface area (Å²) in [7, 11) is 0. The first-order valence-electron chi connectivity index (χ1n) is 6.00. The fourth-order valence-electron chi connectivity index (χ4n) is 2.00. The molecule has 0 radical (unpaired) electrons. The summed E-state index contributed by atoms with van der Waals surface area (Å²) in [5, 5.41) is 22.4. The lowest BCUT2D eigenvalue weighted by Gasteiger charge is -2.26. The van der Waals surface area contributed by atoms with E-state index < -0.39 is 5.60 Å². The lowest BCUT2D eigenvalue weighted by Crippen LogP contribution is -2.35. The molecule has 3 nitrogen and oxygen atoms in total. The van der Waals surface area contributed by atoms with E-state index in [1.54, 1.807) is 6.07 Å². The van der Waals surface area contributed by atoms with Crippen LogP contribution in [0.5, 0.6) is 0 Å². The molecule has 0 saturated carbocycles. The van der Waals surface area contributed by atoms with Gasteiger partial charge in [-0.3, -0.25) is 0 Å². The molecule has 1 aromatic carbocycles. The molecule has 0 aliphatic carbocycles. The Labute approximate surface area is 117 Å². The van der Waals surface area contributed by atoms with Gasteiger partial charge < -0.3 is 10.4 Å². The van der Waals surface area contributed by atoms with Crippen LogP contribution >= 0.6 is 15.9 Å². The fraction of sp³-hybridized carbons (Fsp3) is 0.500. The summed E-state index contributed by atoms with van der Waals surface area (Å²) in [5.41, 5.74) is 0.558. The maximum Gasteiger partial charge on any atom is 0.101 e. The lowest BCUT2D eigenvalue weighted by molar-refractivity contribution is 0.0515. The number of nitrogens with one attached hydrogen (secondary N) is 1. The van der Waals surface area contributed by atoms with Crippen LogP contribution in [-0.4, -0.2) is 17.3 Å². The van der Waals surface area contributed by atoms with E-state index in [0.717, 1.165) is 16.6 Å². The van der Waals surface area contributed by atoms with Crippen molar-refractivity contribution in [1.82, 2.24) is 0 Å². The average molecular weight is 311 g/mol. The van der Waals surface area contributed by atoms with Crippen molar-refractivity contribution in [3.05, 3.63) is 28.2 Å². The number of hydrogen-bond acceptors (Lipinski definition) is 3. The molecule has 0 spiro atoms. The Hall–Kier alpha value is -1.05. The molecule has 0 heterocycles. The maximum atomic E-state index is 10.2. The van der Waals surface area contributed by atoms with Crippen molar-refractivity contribution in [2.24, 2.45) is 5.92 Å². The SMILES string of the molecule is CC(C)CC(C)(O)CNc1ccc(Br)cc1C#N. The quantitative estimate of drug-likeness (QED) is 0.874. The molecule has 1 atom stereocenters. The minimum Gasteiger partial charge on any atom is -0.388 e. The number of anilines is 1. The topological polar surface area (TPSA) is 56.0 Å². The van der Waals surface area contributed by atoms with E-state index >= 15 is 0 Å².